The van der Waals surface area contributed by atoms with Gasteiger partial charge < -0.3 is 14.2 Å². The number of methoxy groups -OCH3 is 2. The summed E-state index contributed by atoms with van der Waals surface area (Å²) in [6.07, 6.45) is 0.175. The minimum Gasteiger partial charge on any atom is -0.496 e. The SMILES string of the molecule is COc1cc(OC)c2c(c1)OC(c1ccccc1)(c1ccc(Br)cc1)CC2=O. The van der Waals surface area contributed by atoms with E-state index in [1.165, 1.54) is 7.11 Å². The molecule has 1 unspecified atom stereocenters. The highest BCUT2D eigenvalue weighted by molar-refractivity contribution is 9.10. The van der Waals surface area contributed by atoms with E-state index in [0.29, 0.717) is 22.8 Å². The van der Waals surface area contributed by atoms with Crippen LogP contribution in [0.2, 0.25) is 0 Å². The Morgan fingerprint density at radius 2 is 1.61 bits per heavy atom. The second-order valence-electron chi connectivity index (χ2n) is 6.60. The highest BCUT2D eigenvalue weighted by atomic mass is 79.9. The lowest BCUT2D eigenvalue weighted by Gasteiger charge is -2.39. The number of fused-ring (bicyclic) bond motifs is 1. The number of carbonyl (C=O) groups is 1. The predicted molar refractivity (Wildman–Crippen MR) is 110 cm³/mol. The topological polar surface area (TPSA) is 44.8 Å². The number of ether oxygens (including phenoxy) is 3. The Bertz CT molecular complexity index is 1010. The molecule has 0 spiro atoms. The van der Waals surface area contributed by atoms with Crippen LogP contribution in [0.25, 0.3) is 0 Å². The molecular weight excluding hydrogens is 420 g/mol. The van der Waals surface area contributed by atoms with Crippen molar-refractivity contribution in [1.29, 1.82) is 0 Å². The summed E-state index contributed by atoms with van der Waals surface area (Å²) in [6, 6.07) is 21.1. The largest absolute Gasteiger partial charge is 0.496 e. The minimum absolute atomic E-state index is 0.0347. The summed E-state index contributed by atoms with van der Waals surface area (Å²) in [5.74, 6) is 1.45. The summed E-state index contributed by atoms with van der Waals surface area (Å²) in [4.78, 5) is 13.3. The first-order chi connectivity index (χ1) is 13.6. The van der Waals surface area contributed by atoms with Gasteiger partial charge in [-0.3, -0.25) is 4.79 Å². The van der Waals surface area contributed by atoms with E-state index in [0.717, 1.165) is 15.6 Å². The zero-order valence-corrected chi connectivity index (χ0v) is 17.2. The van der Waals surface area contributed by atoms with Gasteiger partial charge in [-0.25, -0.2) is 0 Å². The van der Waals surface area contributed by atoms with Crippen LogP contribution in [0.15, 0.2) is 71.2 Å². The third-order valence-electron chi connectivity index (χ3n) is 5.02. The van der Waals surface area contributed by atoms with E-state index in [2.05, 4.69) is 15.9 Å². The number of carbonyl (C=O) groups excluding carboxylic acids is 1. The monoisotopic (exact) mass is 438 g/mol. The van der Waals surface area contributed by atoms with Gasteiger partial charge in [-0.05, 0) is 12.1 Å². The molecule has 5 heteroatoms. The molecule has 4 nitrogen and oxygen atoms in total. The Hall–Kier alpha value is -2.79. The number of halogens is 1. The number of hydrogen-bond acceptors (Lipinski definition) is 4. The van der Waals surface area contributed by atoms with Gasteiger partial charge in [-0.2, -0.15) is 0 Å². The third kappa shape index (κ3) is 3.06. The summed E-state index contributed by atoms with van der Waals surface area (Å²) < 4.78 is 18.4. The highest BCUT2D eigenvalue weighted by Gasteiger charge is 2.45. The molecule has 0 bridgehead atoms. The lowest BCUT2D eigenvalue weighted by atomic mass is 9.79. The van der Waals surface area contributed by atoms with Crippen molar-refractivity contribution in [3.05, 3.63) is 87.9 Å². The van der Waals surface area contributed by atoms with Crippen LogP contribution in [-0.2, 0) is 5.60 Å². The molecular formula is C23H19BrO4. The number of benzene rings is 3. The van der Waals surface area contributed by atoms with Crippen LogP contribution in [0.1, 0.15) is 27.9 Å². The average molecular weight is 439 g/mol. The number of Topliss-reactive ketones (excluding diaryl/α,β-unsaturated/α-hetero) is 1. The molecule has 0 radical (unpaired) electrons. The van der Waals surface area contributed by atoms with Crippen molar-refractivity contribution in [3.8, 4) is 17.2 Å². The average Bonchev–Trinajstić information content (AvgIpc) is 2.73. The number of rotatable bonds is 4. The number of ketones is 1. The second kappa shape index (κ2) is 7.32. The molecule has 1 heterocycles. The first-order valence-electron chi connectivity index (χ1n) is 8.87. The predicted octanol–water partition coefficient (Wildman–Crippen LogP) is 5.38. The lowest BCUT2D eigenvalue weighted by molar-refractivity contribution is 0.0609. The van der Waals surface area contributed by atoms with E-state index in [9.17, 15) is 4.79 Å². The molecule has 0 aromatic heterocycles. The van der Waals surface area contributed by atoms with Crippen molar-refractivity contribution >= 4 is 21.7 Å². The number of hydrogen-bond donors (Lipinski definition) is 0. The Balaban J connectivity index is 1.95. The van der Waals surface area contributed by atoms with Crippen LogP contribution in [0.4, 0.5) is 0 Å². The Labute approximate surface area is 172 Å². The van der Waals surface area contributed by atoms with E-state index in [-0.39, 0.29) is 12.2 Å². The van der Waals surface area contributed by atoms with Crippen LogP contribution in [0, 0.1) is 0 Å². The fourth-order valence-electron chi connectivity index (χ4n) is 3.65. The van der Waals surface area contributed by atoms with Gasteiger partial charge in [0, 0.05) is 27.7 Å². The van der Waals surface area contributed by atoms with Crippen LogP contribution >= 0.6 is 15.9 Å². The molecule has 0 saturated heterocycles. The first-order valence-corrected chi connectivity index (χ1v) is 9.66. The van der Waals surface area contributed by atoms with E-state index >= 15 is 0 Å². The van der Waals surface area contributed by atoms with Crippen molar-refractivity contribution in [2.75, 3.05) is 14.2 Å². The molecule has 0 fully saturated rings. The molecule has 1 atom stereocenters. The summed E-state index contributed by atoms with van der Waals surface area (Å²) >= 11 is 3.48. The van der Waals surface area contributed by atoms with Crippen molar-refractivity contribution in [2.24, 2.45) is 0 Å². The van der Waals surface area contributed by atoms with Crippen molar-refractivity contribution < 1.29 is 19.0 Å². The molecule has 142 valence electrons. The van der Waals surface area contributed by atoms with Crippen LogP contribution in [-0.4, -0.2) is 20.0 Å². The van der Waals surface area contributed by atoms with E-state index in [4.69, 9.17) is 14.2 Å². The normalized spacial score (nSPS) is 18.2. The van der Waals surface area contributed by atoms with Gasteiger partial charge in [0.05, 0.1) is 20.6 Å². The van der Waals surface area contributed by atoms with Gasteiger partial charge in [0.1, 0.15) is 22.8 Å². The van der Waals surface area contributed by atoms with Crippen molar-refractivity contribution in [1.82, 2.24) is 0 Å². The minimum atomic E-state index is -0.927. The summed E-state index contributed by atoms with van der Waals surface area (Å²) in [5, 5.41) is 0. The summed E-state index contributed by atoms with van der Waals surface area (Å²) in [6.45, 7) is 0. The zero-order valence-electron chi connectivity index (χ0n) is 15.6. The van der Waals surface area contributed by atoms with Gasteiger partial charge in [-0.1, -0.05) is 58.4 Å². The van der Waals surface area contributed by atoms with E-state index < -0.39 is 5.60 Å². The molecule has 1 aliphatic rings. The van der Waals surface area contributed by atoms with Gasteiger partial charge in [0.15, 0.2) is 11.4 Å². The van der Waals surface area contributed by atoms with Crippen LogP contribution in [0.3, 0.4) is 0 Å². The van der Waals surface area contributed by atoms with E-state index in [1.54, 1.807) is 19.2 Å². The molecule has 3 aromatic rings. The second-order valence-corrected chi connectivity index (χ2v) is 7.52. The Morgan fingerprint density at radius 3 is 2.25 bits per heavy atom. The van der Waals surface area contributed by atoms with Gasteiger partial charge in [0.2, 0.25) is 0 Å². The van der Waals surface area contributed by atoms with Gasteiger partial charge in [-0.15, -0.1) is 0 Å². The summed E-state index contributed by atoms with van der Waals surface area (Å²) in [7, 11) is 3.11. The zero-order chi connectivity index (χ0) is 19.7. The molecule has 3 aromatic carbocycles. The van der Waals surface area contributed by atoms with Crippen molar-refractivity contribution in [2.45, 2.75) is 12.0 Å². The maximum atomic E-state index is 13.3. The highest BCUT2D eigenvalue weighted by Crippen LogP contribution is 2.48. The maximum Gasteiger partial charge on any atom is 0.175 e. The van der Waals surface area contributed by atoms with E-state index in [1.807, 2.05) is 54.6 Å². The quantitative estimate of drug-likeness (QED) is 0.548. The molecule has 1 aliphatic heterocycles. The third-order valence-corrected chi connectivity index (χ3v) is 5.55. The van der Waals surface area contributed by atoms with Crippen molar-refractivity contribution in [3.63, 3.8) is 0 Å². The van der Waals surface area contributed by atoms with Crippen LogP contribution < -0.4 is 14.2 Å². The molecule has 0 N–H and O–H groups in total. The standard InChI is InChI=1S/C23H19BrO4/c1-26-18-12-20(27-2)22-19(25)14-23(28-21(22)13-18,15-6-4-3-5-7-15)16-8-10-17(24)11-9-16/h3-13H,14H2,1-2H3. The smallest absolute Gasteiger partial charge is 0.175 e. The van der Waals surface area contributed by atoms with Gasteiger partial charge in [0.25, 0.3) is 0 Å². The van der Waals surface area contributed by atoms with Crippen LogP contribution in [0.5, 0.6) is 17.2 Å². The fourth-order valence-corrected chi connectivity index (χ4v) is 3.92. The maximum absolute atomic E-state index is 13.3. The fraction of sp³-hybridized carbons (Fsp3) is 0.174. The molecule has 0 amide bonds. The molecule has 0 aliphatic carbocycles. The Kier molecular flexibility index (Phi) is 4.85. The lowest BCUT2D eigenvalue weighted by Crippen LogP contribution is -2.40. The molecule has 0 saturated carbocycles. The van der Waals surface area contributed by atoms with Gasteiger partial charge >= 0.3 is 0 Å². The summed E-state index contributed by atoms with van der Waals surface area (Å²) in [5.41, 5.74) is 1.34. The molecule has 4 rings (SSSR count). The Morgan fingerprint density at radius 1 is 0.929 bits per heavy atom. The first kappa shape index (κ1) is 18.6. The molecule has 28 heavy (non-hydrogen) atoms.